The summed E-state index contributed by atoms with van der Waals surface area (Å²) in [4.78, 5) is 0.00113. The van der Waals surface area contributed by atoms with Gasteiger partial charge in [0.15, 0.2) is 0 Å². The van der Waals surface area contributed by atoms with E-state index in [4.69, 9.17) is 5.26 Å². The molecule has 0 amide bonds. The largest absolute Gasteiger partial charge is 0.241 e. The summed E-state index contributed by atoms with van der Waals surface area (Å²) in [5, 5.41) is 8.78. The highest BCUT2D eigenvalue weighted by Crippen LogP contribution is 2.20. The Balaban J connectivity index is 3.37. The van der Waals surface area contributed by atoms with Crippen LogP contribution in [0.15, 0.2) is 27.6 Å². The van der Waals surface area contributed by atoms with Crippen molar-refractivity contribution in [3.8, 4) is 6.07 Å². The molecule has 0 aromatic heterocycles. The lowest BCUT2D eigenvalue weighted by atomic mass is 10.2. The Morgan fingerprint density at radius 1 is 1.53 bits per heavy atom. The Labute approximate surface area is 97.1 Å². The van der Waals surface area contributed by atoms with Gasteiger partial charge in [-0.3, -0.25) is 0 Å². The van der Waals surface area contributed by atoms with E-state index >= 15 is 0 Å². The van der Waals surface area contributed by atoms with E-state index in [9.17, 15) is 8.42 Å². The molecule has 0 aliphatic carbocycles. The second-order valence-corrected chi connectivity index (χ2v) is 5.40. The van der Waals surface area contributed by atoms with Crippen LogP contribution in [0.25, 0.3) is 0 Å². The first-order valence-corrected chi connectivity index (χ1v) is 6.48. The number of benzene rings is 1. The third-order valence-electron chi connectivity index (χ3n) is 1.69. The number of nitriles is 1. The van der Waals surface area contributed by atoms with Gasteiger partial charge < -0.3 is 0 Å². The summed E-state index contributed by atoms with van der Waals surface area (Å²) in [7, 11) is -3.58. The number of hydrogen-bond acceptors (Lipinski definition) is 3. The van der Waals surface area contributed by atoms with Gasteiger partial charge in [0, 0.05) is 11.0 Å². The van der Waals surface area contributed by atoms with E-state index in [0.717, 1.165) is 0 Å². The third kappa shape index (κ3) is 2.78. The second-order valence-electron chi connectivity index (χ2n) is 2.75. The molecular formula is C9H9BrN2O2S. The van der Waals surface area contributed by atoms with Gasteiger partial charge in [0.2, 0.25) is 10.0 Å². The molecule has 0 saturated carbocycles. The van der Waals surface area contributed by atoms with Gasteiger partial charge in [0.1, 0.15) is 11.0 Å². The minimum Gasteiger partial charge on any atom is -0.211 e. The summed E-state index contributed by atoms with van der Waals surface area (Å²) in [5.74, 6) is 0. The molecule has 1 aromatic rings. The van der Waals surface area contributed by atoms with Crippen LogP contribution < -0.4 is 4.72 Å². The van der Waals surface area contributed by atoms with Gasteiger partial charge in [-0.2, -0.15) is 5.26 Å². The highest BCUT2D eigenvalue weighted by Gasteiger charge is 2.17. The molecule has 0 saturated heterocycles. The van der Waals surface area contributed by atoms with Crippen LogP contribution in [0.1, 0.15) is 12.5 Å². The normalized spacial score (nSPS) is 11.0. The van der Waals surface area contributed by atoms with E-state index in [0.29, 0.717) is 11.0 Å². The average molecular weight is 289 g/mol. The molecular weight excluding hydrogens is 280 g/mol. The molecule has 0 aliphatic rings. The maximum Gasteiger partial charge on any atom is 0.241 e. The third-order valence-corrected chi connectivity index (χ3v) is 3.77. The fourth-order valence-electron chi connectivity index (χ4n) is 1.08. The predicted octanol–water partition coefficient (Wildman–Crippen LogP) is 1.62. The fraction of sp³-hybridized carbons (Fsp3) is 0.222. The SMILES string of the molecule is CCNS(=O)(=O)c1cc(Br)ccc1C#N. The molecule has 0 spiro atoms. The summed E-state index contributed by atoms with van der Waals surface area (Å²) < 4.78 is 26.3. The molecule has 0 fully saturated rings. The Hall–Kier alpha value is -0.900. The van der Waals surface area contributed by atoms with Gasteiger partial charge in [0.25, 0.3) is 0 Å². The Kier molecular flexibility index (Phi) is 3.85. The van der Waals surface area contributed by atoms with Gasteiger partial charge in [0.05, 0.1) is 5.56 Å². The van der Waals surface area contributed by atoms with E-state index in [2.05, 4.69) is 20.7 Å². The van der Waals surface area contributed by atoms with Gasteiger partial charge in [-0.15, -0.1) is 0 Å². The topological polar surface area (TPSA) is 70.0 Å². The summed E-state index contributed by atoms with van der Waals surface area (Å²) in [6, 6.07) is 6.36. The first-order chi connectivity index (χ1) is 7.01. The van der Waals surface area contributed by atoms with E-state index in [-0.39, 0.29) is 10.5 Å². The first kappa shape index (κ1) is 12.2. The molecule has 0 radical (unpaired) electrons. The van der Waals surface area contributed by atoms with Crippen molar-refractivity contribution in [2.24, 2.45) is 0 Å². The van der Waals surface area contributed by atoms with Crippen molar-refractivity contribution in [2.75, 3.05) is 6.54 Å². The van der Waals surface area contributed by atoms with Crippen LogP contribution in [0.2, 0.25) is 0 Å². The maximum absolute atomic E-state index is 11.7. The molecule has 1 aromatic carbocycles. The van der Waals surface area contributed by atoms with Gasteiger partial charge in [-0.05, 0) is 18.2 Å². The molecule has 0 aliphatic heterocycles. The maximum atomic E-state index is 11.7. The molecule has 0 bridgehead atoms. The minimum absolute atomic E-state index is 0.00113. The lowest BCUT2D eigenvalue weighted by Gasteiger charge is -2.06. The Morgan fingerprint density at radius 2 is 2.20 bits per heavy atom. The van der Waals surface area contributed by atoms with E-state index in [1.54, 1.807) is 13.0 Å². The number of halogens is 1. The molecule has 0 unspecified atom stereocenters. The van der Waals surface area contributed by atoms with E-state index in [1.165, 1.54) is 12.1 Å². The Morgan fingerprint density at radius 3 is 2.73 bits per heavy atom. The smallest absolute Gasteiger partial charge is 0.211 e. The molecule has 1 rings (SSSR count). The van der Waals surface area contributed by atoms with E-state index < -0.39 is 10.0 Å². The molecule has 0 atom stereocenters. The fourth-order valence-corrected chi connectivity index (χ4v) is 2.81. The molecule has 1 N–H and O–H groups in total. The van der Waals surface area contributed by atoms with Crippen LogP contribution in [0.4, 0.5) is 0 Å². The van der Waals surface area contributed by atoms with Crippen molar-refractivity contribution < 1.29 is 8.42 Å². The monoisotopic (exact) mass is 288 g/mol. The summed E-state index contributed by atoms with van der Waals surface area (Å²) in [5.41, 5.74) is 0.138. The van der Waals surface area contributed by atoms with Gasteiger partial charge >= 0.3 is 0 Å². The standard InChI is InChI=1S/C9H9BrN2O2S/c1-2-12-15(13,14)9-5-8(10)4-3-7(9)6-11/h3-5,12H,2H2,1H3. The number of hydrogen-bond donors (Lipinski definition) is 1. The summed E-state index contributed by atoms with van der Waals surface area (Å²) in [6.45, 7) is 1.97. The first-order valence-electron chi connectivity index (χ1n) is 4.20. The van der Waals surface area contributed by atoms with Crippen molar-refractivity contribution in [2.45, 2.75) is 11.8 Å². The predicted molar refractivity (Wildman–Crippen MR) is 59.7 cm³/mol. The number of rotatable bonds is 3. The summed E-state index contributed by atoms with van der Waals surface area (Å²) in [6.07, 6.45) is 0. The van der Waals surface area contributed by atoms with Crippen molar-refractivity contribution in [1.82, 2.24) is 4.72 Å². The number of nitrogens with zero attached hydrogens (tertiary/aromatic N) is 1. The summed E-state index contributed by atoms with van der Waals surface area (Å²) >= 11 is 3.17. The van der Waals surface area contributed by atoms with Crippen molar-refractivity contribution in [3.05, 3.63) is 28.2 Å². The zero-order chi connectivity index (χ0) is 11.5. The van der Waals surface area contributed by atoms with Gasteiger partial charge in [-0.1, -0.05) is 22.9 Å². The van der Waals surface area contributed by atoms with Crippen LogP contribution in [0.3, 0.4) is 0 Å². The van der Waals surface area contributed by atoms with Crippen LogP contribution in [-0.2, 0) is 10.0 Å². The van der Waals surface area contributed by atoms with Crippen LogP contribution in [0.5, 0.6) is 0 Å². The van der Waals surface area contributed by atoms with Gasteiger partial charge in [-0.25, -0.2) is 13.1 Å². The highest BCUT2D eigenvalue weighted by atomic mass is 79.9. The molecule has 15 heavy (non-hydrogen) atoms. The van der Waals surface area contributed by atoms with Crippen LogP contribution in [-0.4, -0.2) is 15.0 Å². The molecule has 80 valence electrons. The number of sulfonamides is 1. The van der Waals surface area contributed by atoms with E-state index in [1.807, 2.05) is 6.07 Å². The van der Waals surface area contributed by atoms with Crippen LogP contribution in [0, 0.1) is 11.3 Å². The molecule has 4 nitrogen and oxygen atoms in total. The molecule has 6 heteroatoms. The second kappa shape index (κ2) is 4.75. The van der Waals surface area contributed by atoms with Crippen molar-refractivity contribution in [1.29, 1.82) is 5.26 Å². The highest BCUT2D eigenvalue weighted by molar-refractivity contribution is 9.10. The van der Waals surface area contributed by atoms with Crippen molar-refractivity contribution in [3.63, 3.8) is 0 Å². The average Bonchev–Trinajstić information content (AvgIpc) is 2.17. The lowest BCUT2D eigenvalue weighted by Crippen LogP contribution is -2.24. The number of nitrogens with one attached hydrogen (secondary N) is 1. The zero-order valence-corrected chi connectivity index (χ0v) is 10.4. The van der Waals surface area contributed by atoms with Crippen molar-refractivity contribution >= 4 is 26.0 Å². The molecule has 0 heterocycles. The minimum atomic E-state index is -3.58. The Bertz CT molecular complexity index is 505. The lowest BCUT2D eigenvalue weighted by molar-refractivity contribution is 0.583. The van der Waals surface area contributed by atoms with Crippen LogP contribution >= 0.6 is 15.9 Å². The zero-order valence-electron chi connectivity index (χ0n) is 7.99. The quantitative estimate of drug-likeness (QED) is 0.919.